The van der Waals surface area contributed by atoms with Crippen molar-refractivity contribution in [1.82, 2.24) is 8.61 Å². The van der Waals surface area contributed by atoms with E-state index in [2.05, 4.69) is 0 Å². The predicted octanol–water partition coefficient (Wildman–Crippen LogP) is 2.45. The van der Waals surface area contributed by atoms with Crippen LogP contribution in [0.25, 0.3) is 0 Å². The predicted molar refractivity (Wildman–Crippen MR) is 102 cm³/mol. The first-order valence-electron chi connectivity index (χ1n) is 9.59. The summed E-state index contributed by atoms with van der Waals surface area (Å²) in [5.41, 5.74) is 1.11. The van der Waals surface area contributed by atoms with Gasteiger partial charge in [-0.05, 0) is 49.8 Å². The molecule has 2 aliphatic rings. The van der Waals surface area contributed by atoms with Gasteiger partial charge in [0.15, 0.2) is 0 Å². The molecule has 6 nitrogen and oxygen atoms in total. The smallest absolute Gasteiger partial charge is 0.282 e. The standard InChI is InChI=1S/C19H30N2O4S/c1-24-18-9-7-17(8-10-18)11-14-21(16-19-6-5-15-25-19)26(22,23)20-12-3-2-4-13-20/h7-10,19H,2-6,11-16H2,1H3. The largest absolute Gasteiger partial charge is 0.497 e. The van der Waals surface area contributed by atoms with Gasteiger partial charge < -0.3 is 9.47 Å². The molecule has 26 heavy (non-hydrogen) atoms. The molecule has 0 spiro atoms. The molecule has 0 amide bonds. The fraction of sp³-hybridized carbons (Fsp3) is 0.684. The van der Waals surface area contributed by atoms with Gasteiger partial charge in [-0.2, -0.15) is 17.0 Å². The van der Waals surface area contributed by atoms with E-state index in [0.717, 1.165) is 50.0 Å². The van der Waals surface area contributed by atoms with Crippen molar-refractivity contribution >= 4 is 10.2 Å². The highest BCUT2D eigenvalue weighted by molar-refractivity contribution is 7.86. The summed E-state index contributed by atoms with van der Waals surface area (Å²) in [6.45, 7) is 2.93. The fourth-order valence-corrected chi connectivity index (χ4v) is 5.34. The lowest BCUT2D eigenvalue weighted by atomic mass is 10.1. The Morgan fingerprint density at radius 2 is 1.88 bits per heavy atom. The fourth-order valence-electron chi connectivity index (χ4n) is 3.62. The number of methoxy groups -OCH3 is 1. The molecule has 3 rings (SSSR count). The Morgan fingerprint density at radius 3 is 2.50 bits per heavy atom. The first kappa shape index (κ1) is 19.6. The highest BCUT2D eigenvalue weighted by Gasteiger charge is 2.33. The Bertz CT molecular complexity index is 651. The highest BCUT2D eigenvalue weighted by Crippen LogP contribution is 2.21. The van der Waals surface area contributed by atoms with Crippen LogP contribution in [0.15, 0.2) is 24.3 Å². The third-order valence-corrected chi connectivity index (χ3v) is 7.21. The molecule has 1 unspecified atom stereocenters. The first-order chi connectivity index (χ1) is 12.6. The lowest BCUT2D eigenvalue weighted by Gasteiger charge is -2.33. The van der Waals surface area contributed by atoms with E-state index in [1.165, 1.54) is 0 Å². The molecule has 0 bridgehead atoms. The molecule has 1 atom stereocenters. The Kier molecular flexibility index (Phi) is 6.92. The van der Waals surface area contributed by atoms with E-state index in [1.54, 1.807) is 15.7 Å². The Morgan fingerprint density at radius 1 is 1.15 bits per heavy atom. The Labute approximate surface area is 157 Å². The molecule has 0 aromatic heterocycles. The number of hydrogen-bond donors (Lipinski definition) is 0. The highest BCUT2D eigenvalue weighted by atomic mass is 32.2. The second-order valence-electron chi connectivity index (χ2n) is 7.06. The van der Waals surface area contributed by atoms with Crippen LogP contribution in [-0.2, 0) is 21.4 Å². The van der Waals surface area contributed by atoms with Crippen molar-refractivity contribution in [3.8, 4) is 5.75 Å². The summed E-state index contributed by atoms with van der Waals surface area (Å²) in [6.07, 6.45) is 5.67. The zero-order chi connectivity index (χ0) is 18.4. The molecule has 2 fully saturated rings. The Balaban J connectivity index is 1.69. The van der Waals surface area contributed by atoms with Gasteiger partial charge in [-0.15, -0.1) is 0 Å². The lowest BCUT2D eigenvalue weighted by Crippen LogP contribution is -2.48. The van der Waals surface area contributed by atoms with E-state index in [0.29, 0.717) is 32.6 Å². The maximum atomic E-state index is 13.2. The molecule has 2 saturated heterocycles. The second-order valence-corrected chi connectivity index (χ2v) is 8.99. The van der Waals surface area contributed by atoms with Crippen LogP contribution in [0.4, 0.5) is 0 Å². The average molecular weight is 383 g/mol. The van der Waals surface area contributed by atoms with Gasteiger partial charge in [0.2, 0.25) is 0 Å². The zero-order valence-electron chi connectivity index (χ0n) is 15.6. The van der Waals surface area contributed by atoms with Gasteiger partial charge in [0.05, 0.1) is 13.2 Å². The SMILES string of the molecule is COc1ccc(CCN(CC2CCCO2)S(=O)(=O)N2CCCCC2)cc1. The van der Waals surface area contributed by atoms with Crippen LogP contribution in [-0.4, -0.2) is 63.0 Å². The summed E-state index contributed by atoms with van der Waals surface area (Å²) in [4.78, 5) is 0. The van der Waals surface area contributed by atoms with Crippen molar-refractivity contribution in [2.45, 2.75) is 44.6 Å². The van der Waals surface area contributed by atoms with Gasteiger partial charge in [0, 0.05) is 32.8 Å². The van der Waals surface area contributed by atoms with Crippen LogP contribution in [0.3, 0.4) is 0 Å². The third-order valence-electron chi connectivity index (χ3n) is 5.21. The van der Waals surface area contributed by atoms with Gasteiger partial charge >= 0.3 is 0 Å². The molecule has 0 aliphatic carbocycles. The topological polar surface area (TPSA) is 59.1 Å². The molecule has 1 aromatic rings. The van der Waals surface area contributed by atoms with Crippen LogP contribution in [0.1, 0.15) is 37.7 Å². The van der Waals surface area contributed by atoms with Crippen molar-refractivity contribution in [2.75, 3.05) is 39.9 Å². The van der Waals surface area contributed by atoms with Crippen LogP contribution in [0, 0.1) is 0 Å². The van der Waals surface area contributed by atoms with Crippen LogP contribution < -0.4 is 4.74 Å². The minimum atomic E-state index is -3.43. The minimum absolute atomic E-state index is 0.0189. The van der Waals surface area contributed by atoms with Gasteiger partial charge in [-0.1, -0.05) is 18.6 Å². The van der Waals surface area contributed by atoms with E-state index in [9.17, 15) is 8.42 Å². The van der Waals surface area contributed by atoms with E-state index in [4.69, 9.17) is 9.47 Å². The molecule has 7 heteroatoms. The van der Waals surface area contributed by atoms with Crippen molar-refractivity contribution in [3.05, 3.63) is 29.8 Å². The van der Waals surface area contributed by atoms with Crippen LogP contribution in [0.5, 0.6) is 5.75 Å². The van der Waals surface area contributed by atoms with Crippen molar-refractivity contribution in [1.29, 1.82) is 0 Å². The number of ether oxygens (including phenoxy) is 2. The lowest BCUT2D eigenvalue weighted by molar-refractivity contribution is 0.0920. The second kappa shape index (κ2) is 9.17. The molecule has 2 aliphatic heterocycles. The van der Waals surface area contributed by atoms with Crippen LogP contribution in [0.2, 0.25) is 0 Å². The van der Waals surface area contributed by atoms with Crippen molar-refractivity contribution < 1.29 is 17.9 Å². The van der Waals surface area contributed by atoms with E-state index >= 15 is 0 Å². The van der Waals surface area contributed by atoms with E-state index in [-0.39, 0.29) is 6.10 Å². The molecule has 146 valence electrons. The zero-order valence-corrected chi connectivity index (χ0v) is 16.4. The molecule has 2 heterocycles. The summed E-state index contributed by atoms with van der Waals surface area (Å²) in [7, 11) is -1.79. The summed E-state index contributed by atoms with van der Waals surface area (Å²) in [6, 6.07) is 7.82. The Hall–Kier alpha value is -1.15. The summed E-state index contributed by atoms with van der Waals surface area (Å²) < 4.78 is 40.5. The quantitative estimate of drug-likeness (QED) is 0.693. The molecule has 0 radical (unpaired) electrons. The van der Waals surface area contributed by atoms with E-state index in [1.807, 2.05) is 24.3 Å². The normalized spacial score (nSPS) is 22.0. The third kappa shape index (κ3) is 4.97. The molecule has 0 N–H and O–H groups in total. The van der Waals surface area contributed by atoms with Gasteiger partial charge in [0.1, 0.15) is 5.75 Å². The molecular weight excluding hydrogens is 352 g/mol. The van der Waals surface area contributed by atoms with Crippen molar-refractivity contribution in [2.24, 2.45) is 0 Å². The maximum Gasteiger partial charge on any atom is 0.282 e. The first-order valence-corrected chi connectivity index (χ1v) is 11.0. The molecular formula is C19H30N2O4S. The number of benzene rings is 1. The number of rotatable bonds is 8. The van der Waals surface area contributed by atoms with Gasteiger partial charge in [-0.25, -0.2) is 0 Å². The van der Waals surface area contributed by atoms with Gasteiger partial charge in [-0.3, -0.25) is 0 Å². The van der Waals surface area contributed by atoms with Crippen LogP contribution >= 0.6 is 0 Å². The monoisotopic (exact) mass is 382 g/mol. The summed E-state index contributed by atoms with van der Waals surface area (Å²) in [5.74, 6) is 0.811. The summed E-state index contributed by atoms with van der Waals surface area (Å²) >= 11 is 0. The van der Waals surface area contributed by atoms with E-state index < -0.39 is 10.2 Å². The van der Waals surface area contributed by atoms with Gasteiger partial charge in [0.25, 0.3) is 10.2 Å². The molecule has 1 aromatic carbocycles. The minimum Gasteiger partial charge on any atom is -0.497 e. The summed E-state index contributed by atoms with van der Waals surface area (Å²) in [5, 5.41) is 0. The molecule has 0 saturated carbocycles. The number of hydrogen-bond acceptors (Lipinski definition) is 4. The number of piperidine rings is 1. The van der Waals surface area contributed by atoms with Crippen molar-refractivity contribution in [3.63, 3.8) is 0 Å². The number of nitrogens with zero attached hydrogens (tertiary/aromatic N) is 2. The average Bonchev–Trinajstić information content (AvgIpc) is 3.19. The maximum absolute atomic E-state index is 13.2.